The highest BCUT2D eigenvalue weighted by Gasteiger charge is 2.02. The van der Waals surface area contributed by atoms with E-state index in [1.54, 1.807) is 0 Å². The Morgan fingerprint density at radius 2 is 1.83 bits per heavy atom. The minimum Gasteiger partial charge on any atom is -0.456 e. The van der Waals surface area contributed by atoms with Gasteiger partial charge < -0.3 is 10.1 Å². The van der Waals surface area contributed by atoms with Crippen LogP contribution in [0.15, 0.2) is 46.9 Å². The molecule has 0 heterocycles. The molecule has 2 rings (SSSR count). The SMILES string of the molecule is CNCc1ccc(Oc2ccc(C)cc2Br)cc1. The molecule has 0 saturated carbocycles. The molecule has 0 saturated heterocycles. The van der Waals surface area contributed by atoms with Crippen molar-refractivity contribution in [3.63, 3.8) is 0 Å². The fourth-order valence-electron chi connectivity index (χ4n) is 1.70. The lowest BCUT2D eigenvalue weighted by atomic mass is 10.2. The number of benzene rings is 2. The minimum atomic E-state index is 0.835. The summed E-state index contributed by atoms with van der Waals surface area (Å²) in [5.74, 6) is 1.68. The van der Waals surface area contributed by atoms with Crippen molar-refractivity contribution in [3.05, 3.63) is 58.1 Å². The molecule has 3 heteroatoms. The number of rotatable bonds is 4. The first kappa shape index (κ1) is 13.1. The summed E-state index contributed by atoms with van der Waals surface area (Å²) in [4.78, 5) is 0. The summed E-state index contributed by atoms with van der Waals surface area (Å²) in [6.07, 6.45) is 0. The topological polar surface area (TPSA) is 21.3 Å². The van der Waals surface area contributed by atoms with Crippen LogP contribution in [-0.4, -0.2) is 7.05 Å². The van der Waals surface area contributed by atoms with Crippen molar-refractivity contribution in [2.24, 2.45) is 0 Å². The smallest absolute Gasteiger partial charge is 0.141 e. The number of ether oxygens (including phenoxy) is 1. The van der Waals surface area contributed by atoms with E-state index < -0.39 is 0 Å². The van der Waals surface area contributed by atoms with E-state index in [-0.39, 0.29) is 0 Å². The van der Waals surface area contributed by atoms with E-state index in [0.29, 0.717) is 0 Å². The molecule has 0 amide bonds. The summed E-state index contributed by atoms with van der Waals surface area (Å²) in [6.45, 7) is 2.93. The van der Waals surface area contributed by atoms with Gasteiger partial charge in [-0.25, -0.2) is 0 Å². The van der Waals surface area contributed by atoms with Crippen molar-refractivity contribution in [3.8, 4) is 11.5 Å². The lowest BCUT2D eigenvalue weighted by Gasteiger charge is -2.09. The van der Waals surface area contributed by atoms with Crippen LogP contribution in [0.2, 0.25) is 0 Å². The van der Waals surface area contributed by atoms with Crippen molar-refractivity contribution in [1.29, 1.82) is 0 Å². The van der Waals surface area contributed by atoms with Crippen LogP contribution in [0.4, 0.5) is 0 Å². The van der Waals surface area contributed by atoms with Crippen LogP contribution in [-0.2, 0) is 6.54 Å². The zero-order valence-corrected chi connectivity index (χ0v) is 12.1. The summed E-state index contributed by atoms with van der Waals surface area (Å²) >= 11 is 3.51. The van der Waals surface area contributed by atoms with Crippen molar-refractivity contribution in [1.82, 2.24) is 5.32 Å². The van der Waals surface area contributed by atoms with Crippen molar-refractivity contribution in [2.45, 2.75) is 13.5 Å². The summed E-state index contributed by atoms with van der Waals surface area (Å²) in [5, 5.41) is 3.12. The van der Waals surface area contributed by atoms with Gasteiger partial charge in [-0.15, -0.1) is 0 Å². The third-order valence-corrected chi connectivity index (χ3v) is 3.24. The molecule has 0 fully saturated rings. The second-order valence-electron chi connectivity index (χ2n) is 4.21. The van der Waals surface area contributed by atoms with E-state index in [1.165, 1.54) is 11.1 Å². The van der Waals surface area contributed by atoms with Crippen LogP contribution in [0.3, 0.4) is 0 Å². The molecule has 94 valence electrons. The van der Waals surface area contributed by atoms with Crippen molar-refractivity contribution in [2.75, 3.05) is 7.05 Å². The van der Waals surface area contributed by atoms with E-state index in [1.807, 2.05) is 37.4 Å². The van der Waals surface area contributed by atoms with Crippen LogP contribution < -0.4 is 10.1 Å². The third-order valence-electron chi connectivity index (χ3n) is 2.62. The Morgan fingerprint density at radius 3 is 2.44 bits per heavy atom. The summed E-state index contributed by atoms with van der Waals surface area (Å²) in [7, 11) is 1.94. The van der Waals surface area contributed by atoms with Gasteiger partial charge in [-0.3, -0.25) is 0 Å². The van der Waals surface area contributed by atoms with E-state index >= 15 is 0 Å². The van der Waals surface area contributed by atoms with Crippen LogP contribution in [0.5, 0.6) is 11.5 Å². The summed E-state index contributed by atoms with van der Waals surface area (Å²) in [5.41, 5.74) is 2.45. The van der Waals surface area contributed by atoms with Crippen LogP contribution in [0.1, 0.15) is 11.1 Å². The summed E-state index contributed by atoms with van der Waals surface area (Å²) < 4.78 is 6.80. The number of hydrogen-bond acceptors (Lipinski definition) is 2. The molecule has 0 bridgehead atoms. The van der Waals surface area contributed by atoms with Crippen LogP contribution in [0, 0.1) is 6.92 Å². The zero-order valence-electron chi connectivity index (χ0n) is 10.5. The molecule has 0 unspecified atom stereocenters. The predicted octanol–water partition coefficient (Wildman–Crippen LogP) is 4.27. The predicted molar refractivity (Wildman–Crippen MR) is 78.2 cm³/mol. The van der Waals surface area contributed by atoms with Gasteiger partial charge in [0.05, 0.1) is 4.47 Å². The number of aryl methyl sites for hydroxylation is 1. The van der Waals surface area contributed by atoms with Gasteiger partial charge in [-0.1, -0.05) is 18.2 Å². The number of halogens is 1. The lowest BCUT2D eigenvalue weighted by Crippen LogP contribution is -2.04. The monoisotopic (exact) mass is 305 g/mol. The van der Waals surface area contributed by atoms with E-state index in [4.69, 9.17) is 4.74 Å². The molecule has 1 N–H and O–H groups in total. The average molecular weight is 306 g/mol. The van der Waals surface area contributed by atoms with Crippen LogP contribution >= 0.6 is 15.9 Å². The molecule has 0 aromatic heterocycles. The average Bonchev–Trinajstić information content (AvgIpc) is 2.35. The molecule has 0 radical (unpaired) electrons. The molecule has 0 aliphatic carbocycles. The number of hydrogen-bond donors (Lipinski definition) is 1. The highest BCUT2D eigenvalue weighted by atomic mass is 79.9. The van der Waals surface area contributed by atoms with Gasteiger partial charge in [0.15, 0.2) is 0 Å². The molecule has 0 atom stereocenters. The Morgan fingerprint density at radius 1 is 1.11 bits per heavy atom. The van der Waals surface area contributed by atoms with Gasteiger partial charge in [0, 0.05) is 6.54 Å². The summed E-state index contributed by atoms with van der Waals surface area (Å²) in [6, 6.07) is 14.2. The first-order valence-corrected chi connectivity index (χ1v) is 6.66. The third kappa shape index (κ3) is 3.34. The second-order valence-corrected chi connectivity index (χ2v) is 5.06. The highest BCUT2D eigenvalue weighted by molar-refractivity contribution is 9.10. The molecular weight excluding hydrogens is 290 g/mol. The Hall–Kier alpha value is -1.32. The largest absolute Gasteiger partial charge is 0.456 e. The second kappa shape index (κ2) is 6.03. The maximum atomic E-state index is 5.83. The first-order chi connectivity index (χ1) is 8.69. The van der Waals surface area contributed by atoms with Gasteiger partial charge >= 0.3 is 0 Å². The maximum absolute atomic E-state index is 5.83. The molecule has 18 heavy (non-hydrogen) atoms. The molecule has 2 nitrogen and oxygen atoms in total. The normalized spacial score (nSPS) is 10.4. The quantitative estimate of drug-likeness (QED) is 0.911. The molecule has 2 aromatic carbocycles. The minimum absolute atomic E-state index is 0.835. The standard InChI is InChI=1S/C15H16BrNO/c1-11-3-8-15(14(16)9-11)18-13-6-4-12(5-7-13)10-17-2/h3-9,17H,10H2,1-2H3. The molecule has 0 aliphatic rings. The van der Waals surface area contributed by atoms with Gasteiger partial charge in [-0.2, -0.15) is 0 Å². The molecular formula is C15H16BrNO. The fourth-order valence-corrected chi connectivity index (χ4v) is 2.27. The van der Waals surface area contributed by atoms with E-state index in [0.717, 1.165) is 22.5 Å². The van der Waals surface area contributed by atoms with Crippen LogP contribution in [0.25, 0.3) is 0 Å². The van der Waals surface area contributed by atoms with Gasteiger partial charge in [0.2, 0.25) is 0 Å². The first-order valence-electron chi connectivity index (χ1n) is 5.86. The lowest BCUT2D eigenvalue weighted by molar-refractivity contribution is 0.479. The Balaban J connectivity index is 2.13. The van der Waals surface area contributed by atoms with Gasteiger partial charge in [-0.05, 0) is 65.3 Å². The highest BCUT2D eigenvalue weighted by Crippen LogP contribution is 2.30. The van der Waals surface area contributed by atoms with E-state index in [9.17, 15) is 0 Å². The number of nitrogens with one attached hydrogen (secondary N) is 1. The van der Waals surface area contributed by atoms with Crippen molar-refractivity contribution >= 4 is 15.9 Å². The van der Waals surface area contributed by atoms with Gasteiger partial charge in [0.1, 0.15) is 11.5 Å². The van der Waals surface area contributed by atoms with Crippen molar-refractivity contribution < 1.29 is 4.74 Å². The van der Waals surface area contributed by atoms with Gasteiger partial charge in [0.25, 0.3) is 0 Å². The zero-order chi connectivity index (χ0) is 13.0. The Bertz CT molecular complexity index is 523. The van der Waals surface area contributed by atoms with E-state index in [2.05, 4.69) is 40.3 Å². The molecule has 0 spiro atoms. The maximum Gasteiger partial charge on any atom is 0.141 e. The molecule has 0 aliphatic heterocycles. The Kier molecular flexibility index (Phi) is 4.39. The molecule has 2 aromatic rings. The Labute approximate surface area is 116 Å². The fraction of sp³-hybridized carbons (Fsp3) is 0.200.